The summed E-state index contributed by atoms with van der Waals surface area (Å²) >= 11 is 5.94. The van der Waals surface area contributed by atoms with Crippen molar-refractivity contribution in [3.8, 4) is 0 Å². The molecule has 0 unspecified atom stereocenters. The minimum Gasteiger partial charge on any atom is -0.277 e. The molecule has 0 bridgehead atoms. The van der Waals surface area contributed by atoms with Crippen LogP contribution in [-0.4, -0.2) is 16.2 Å². The molecular formula is C7H11ClN4O. The van der Waals surface area contributed by atoms with Gasteiger partial charge in [-0.1, -0.05) is 18.5 Å². The Kier molecular flexibility index (Phi) is 2.90. The number of rotatable bonds is 3. The first-order valence-corrected chi connectivity index (χ1v) is 4.20. The van der Waals surface area contributed by atoms with Gasteiger partial charge in [-0.2, -0.15) is 5.10 Å². The topological polar surface area (TPSA) is 64.2 Å². The molecule has 0 saturated heterocycles. The highest BCUT2D eigenvalue weighted by atomic mass is 35.5. The molecule has 0 aliphatic heterocycles. The first-order valence-electron chi connectivity index (χ1n) is 3.82. The summed E-state index contributed by atoms with van der Waals surface area (Å²) in [6.07, 6.45) is 1.20. The second-order valence-electron chi connectivity index (χ2n) is 2.57. The van der Waals surface area contributed by atoms with Crippen molar-refractivity contribution in [1.29, 1.82) is 0 Å². The first kappa shape index (κ1) is 10.0. The van der Waals surface area contributed by atoms with Gasteiger partial charge in [-0.3, -0.25) is 4.79 Å². The monoisotopic (exact) mass is 202 g/mol. The first-order chi connectivity index (χ1) is 6.11. The van der Waals surface area contributed by atoms with Gasteiger partial charge in [0.15, 0.2) is 5.82 Å². The van der Waals surface area contributed by atoms with Gasteiger partial charge >= 0.3 is 0 Å². The van der Waals surface area contributed by atoms with Gasteiger partial charge in [-0.05, 0) is 6.42 Å². The maximum atomic E-state index is 10.4. The molecule has 0 radical (unpaired) electrons. The lowest BCUT2D eigenvalue weighted by molar-refractivity contribution is -0.107. The largest absolute Gasteiger partial charge is 0.277 e. The highest BCUT2D eigenvalue weighted by Gasteiger charge is 2.16. The summed E-state index contributed by atoms with van der Waals surface area (Å²) in [7, 11) is 1.68. The van der Waals surface area contributed by atoms with E-state index in [0.717, 1.165) is 10.7 Å². The summed E-state index contributed by atoms with van der Waals surface area (Å²) in [4.78, 5) is 10.4. The minimum atomic E-state index is 0.411. The van der Waals surface area contributed by atoms with E-state index in [0.29, 0.717) is 23.7 Å². The zero-order valence-corrected chi connectivity index (χ0v) is 8.25. The van der Waals surface area contributed by atoms with Crippen LogP contribution in [0.5, 0.6) is 0 Å². The number of carbonyl (C=O) groups is 1. The lowest BCUT2D eigenvalue weighted by Crippen LogP contribution is -2.31. The molecule has 0 aliphatic carbocycles. The van der Waals surface area contributed by atoms with Gasteiger partial charge in [0.05, 0.1) is 5.69 Å². The number of anilines is 1. The summed E-state index contributed by atoms with van der Waals surface area (Å²) in [5.41, 5.74) is 0.733. The fourth-order valence-electron chi connectivity index (χ4n) is 1.10. The van der Waals surface area contributed by atoms with E-state index in [9.17, 15) is 4.79 Å². The number of nitrogens with two attached hydrogens (primary N) is 1. The van der Waals surface area contributed by atoms with Crippen LogP contribution in [0.15, 0.2) is 0 Å². The third-order valence-electron chi connectivity index (χ3n) is 1.72. The maximum Gasteiger partial charge on any atom is 0.229 e. The van der Waals surface area contributed by atoms with E-state index in [-0.39, 0.29) is 0 Å². The van der Waals surface area contributed by atoms with Crippen LogP contribution in [0.25, 0.3) is 0 Å². The van der Waals surface area contributed by atoms with Crippen LogP contribution in [0.1, 0.15) is 12.6 Å². The average Bonchev–Trinajstić information content (AvgIpc) is 2.40. The minimum absolute atomic E-state index is 0.411. The number of aromatic nitrogens is 2. The van der Waals surface area contributed by atoms with Crippen molar-refractivity contribution in [2.75, 3.05) is 5.01 Å². The number of nitrogens with zero attached hydrogens (tertiary/aromatic N) is 3. The Morgan fingerprint density at radius 3 is 2.77 bits per heavy atom. The van der Waals surface area contributed by atoms with Crippen molar-refractivity contribution in [1.82, 2.24) is 9.78 Å². The lowest BCUT2D eigenvalue weighted by atomic mass is 10.3. The molecule has 1 aromatic heterocycles. The second-order valence-corrected chi connectivity index (χ2v) is 2.95. The van der Waals surface area contributed by atoms with E-state index < -0.39 is 0 Å². The predicted octanol–water partition coefficient (Wildman–Crippen LogP) is 0.472. The van der Waals surface area contributed by atoms with Crippen LogP contribution in [0.2, 0.25) is 5.02 Å². The molecule has 1 rings (SSSR count). The van der Waals surface area contributed by atoms with E-state index in [1.807, 2.05) is 6.92 Å². The van der Waals surface area contributed by atoms with Crippen LogP contribution >= 0.6 is 11.6 Å². The average molecular weight is 203 g/mol. The molecule has 5 nitrogen and oxygen atoms in total. The van der Waals surface area contributed by atoms with Crippen molar-refractivity contribution >= 4 is 23.8 Å². The lowest BCUT2D eigenvalue weighted by Gasteiger charge is -2.09. The van der Waals surface area contributed by atoms with Gasteiger partial charge in [0.1, 0.15) is 5.02 Å². The molecule has 0 spiro atoms. The predicted molar refractivity (Wildman–Crippen MR) is 50.3 cm³/mol. The number of aryl methyl sites for hydroxylation is 2. The van der Waals surface area contributed by atoms with Gasteiger partial charge in [0.25, 0.3) is 0 Å². The number of hydrogen-bond donors (Lipinski definition) is 1. The highest BCUT2D eigenvalue weighted by Crippen LogP contribution is 2.26. The van der Waals surface area contributed by atoms with Crippen LogP contribution < -0.4 is 10.9 Å². The van der Waals surface area contributed by atoms with E-state index in [4.69, 9.17) is 17.4 Å². The van der Waals surface area contributed by atoms with E-state index in [1.54, 1.807) is 7.05 Å². The van der Waals surface area contributed by atoms with Gasteiger partial charge in [-0.25, -0.2) is 15.5 Å². The van der Waals surface area contributed by atoms with Crippen LogP contribution in [0.3, 0.4) is 0 Å². The Balaban J connectivity index is 3.19. The molecule has 13 heavy (non-hydrogen) atoms. The van der Waals surface area contributed by atoms with Crippen molar-refractivity contribution in [3.63, 3.8) is 0 Å². The molecular weight excluding hydrogens is 192 g/mol. The molecule has 1 amide bonds. The second kappa shape index (κ2) is 3.76. The highest BCUT2D eigenvalue weighted by molar-refractivity contribution is 6.34. The normalized spacial score (nSPS) is 10.2. The Bertz CT molecular complexity index is 323. The maximum absolute atomic E-state index is 10.4. The standard InChI is InChI=1S/C7H11ClN4O/c1-3-5-6(8)7(11(2)10-5)12(9)4-13/h4H,3,9H2,1-2H3. The van der Waals surface area contributed by atoms with Crippen molar-refractivity contribution in [2.45, 2.75) is 13.3 Å². The summed E-state index contributed by atoms with van der Waals surface area (Å²) < 4.78 is 1.48. The van der Waals surface area contributed by atoms with Crippen molar-refractivity contribution < 1.29 is 4.79 Å². The van der Waals surface area contributed by atoms with Crippen LogP contribution in [-0.2, 0) is 18.3 Å². The van der Waals surface area contributed by atoms with Gasteiger partial charge in [0, 0.05) is 7.05 Å². The molecule has 0 saturated carbocycles. The fraction of sp³-hybridized carbons (Fsp3) is 0.429. The number of hydrogen-bond acceptors (Lipinski definition) is 3. The Morgan fingerprint density at radius 2 is 2.38 bits per heavy atom. The summed E-state index contributed by atoms with van der Waals surface area (Å²) in [5.74, 6) is 5.79. The zero-order chi connectivity index (χ0) is 10.0. The summed E-state index contributed by atoms with van der Waals surface area (Å²) in [5, 5.41) is 5.44. The number of carbonyl (C=O) groups excluding carboxylic acids is 1. The van der Waals surface area contributed by atoms with Crippen molar-refractivity contribution in [3.05, 3.63) is 10.7 Å². The van der Waals surface area contributed by atoms with Gasteiger partial charge in [0.2, 0.25) is 6.41 Å². The quantitative estimate of drug-likeness (QED) is 0.336. The third kappa shape index (κ3) is 1.66. The zero-order valence-electron chi connectivity index (χ0n) is 7.49. The molecule has 1 heterocycles. The van der Waals surface area contributed by atoms with Gasteiger partial charge in [-0.15, -0.1) is 0 Å². The van der Waals surface area contributed by atoms with Crippen LogP contribution in [0, 0.1) is 0 Å². The number of halogens is 1. The fourth-order valence-corrected chi connectivity index (χ4v) is 1.49. The van der Waals surface area contributed by atoms with Crippen LogP contribution in [0.4, 0.5) is 5.82 Å². The molecule has 0 aromatic carbocycles. The SMILES string of the molecule is CCc1nn(C)c(N(N)C=O)c1Cl. The van der Waals surface area contributed by atoms with E-state index in [1.165, 1.54) is 4.68 Å². The van der Waals surface area contributed by atoms with Gasteiger partial charge < -0.3 is 0 Å². The molecule has 0 fully saturated rings. The summed E-state index contributed by atoms with van der Waals surface area (Å²) in [6.45, 7) is 1.93. The molecule has 0 atom stereocenters. The molecule has 2 N–H and O–H groups in total. The van der Waals surface area contributed by atoms with Crippen molar-refractivity contribution in [2.24, 2.45) is 12.9 Å². The Labute approximate surface area is 81.0 Å². The third-order valence-corrected chi connectivity index (χ3v) is 2.11. The molecule has 6 heteroatoms. The molecule has 0 aliphatic rings. The van der Waals surface area contributed by atoms with E-state index in [2.05, 4.69) is 5.10 Å². The smallest absolute Gasteiger partial charge is 0.229 e. The summed E-state index contributed by atoms with van der Waals surface area (Å²) in [6, 6.07) is 0. The molecule has 72 valence electrons. The molecule has 1 aromatic rings. The number of amides is 1. The van der Waals surface area contributed by atoms with E-state index >= 15 is 0 Å². The Hall–Kier alpha value is -1.07. The number of hydrazine groups is 1. The Morgan fingerprint density at radius 1 is 1.77 bits per heavy atom.